The van der Waals surface area contributed by atoms with Crippen LogP contribution in [-0.4, -0.2) is 50.8 Å². The molecular weight excluding hydrogens is 176 g/mol. The Balaban J connectivity index is 3.04. The van der Waals surface area contributed by atoms with Gasteiger partial charge < -0.3 is 15.0 Å². The third-order valence-corrected chi connectivity index (χ3v) is 2.30. The molecule has 86 valence electrons. The molecule has 0 aromatic heterocycles. The number of nitrogens with zero attached hydrogens (tertiary/aromatic N) is 1. The fourth-order valence-electron chi connectivity index (χ4n) is 1.28. The number of rotatable bonds is 10. The van der Waals surface area contributed by atoms with Crippen LogP contribution in [0, 0.1) is 0 Å². The predicted molar refractivity (Wildman–Crippen MR) is 61.8 cm³/mol. The quantitative estimate of drug-likeness (QED) is 0.541. The molecule has 1 N–H and O–H groups in total. The first-order valence-corrected chi connectivity index (χ1v) is 5.85. The van der Waals surface area contributed by atoms with E-state index in [-0.39, 0.29) is 0 Å². The molecule has 3 heteroatoms. The number of hydrogen-bond donors (Lipinski definition) is 1. The lowest BCUT2D eigenvalue weighted by Gasteiger charge is -2.17. The van der Waals surface area contributed by atoms with Crippen molar-refractivity contribution in [2.45, 2.75) is 27.2 Å². The van der Waals surface area contributed by atoms with E-state index < -0.39 is 0 Å². The van der Waals surface area contributed by atoms with Crippen molar-refractivity contribution in [1.82, 2.24) is 10.2 Å². The van der Waals surface area contributed by atoms with Gasteiger partial charge in [-0.05, 0) is 26.1 Å². The van der Waals surface area contributed by atoms with Crippen molar-refractivity contribution in [3.05, 3.63) is 0 Å². The summed E-state index contributed by atoms with van der Waals surface area (Å²) in [6.45, 7) is 13.6. The van der Waals surface area contributed by atoms with Crippen molar-refractivity contribution in [3.8, 4) is 0 Å². The van der Waals surface area contributed by atoms with Gasteiger partial charge in [-0.25, -0.2) is 0 Å². The zero-order valence-corrected chi connectivity index (χ0v) is 10.0. The lowest BCUT2D eigenvalue weighted by Crippen LogP contribution is -2.28. The highest BCUT2D eigenvalue weighted by Gasteiger charge is 1.97. The van der Waals surface area contributed by atoms with Crippen molar-refractivity contribution in [2.75, 3.05) is 45.9 Å². The van der Waals surface area contributed by atoms with Crippen LogP contribution < -0.4 is 5.32 Å². The molecule has 0 saturated carbocycles. The van der Waals surface area contributed by atoms with Crippen LogP contribution in [-0.2, 0) is 4.74 Å². The second-order valence-electron chi connectivity index (χ2n) is 3.39. The van der Waals surface area contributed by atoms with E-state index in [1.165, 1.54) is 6.42 Å². The van der Waals surface area contributed by atoms with Gasteiger partial charge in [-0.1, -0.05) is 20.8 Å². The molecule has 0 atom stereocenters. The van der Waals surface area contributed by atoms with Gasteiger partial charge in [0.15, 0.2) is 0 Å². The second-order valence-corrected chi connectivity index (χ2v) is 3.39. The van der Waals surface area contributed by atoms with Crippen LogP contribution in [0.2, 0.25) is 0 Å². The molecule has 0 spiro atoms. The van der Waals surface area contributed by atoms with Crippen LogP contribution in [0.4, 0.5) is 0 Å². The highest BCUT2D eigenvalue weighted by Crippen LogP contribution is 1.86. The van der Waals surface area contributed by atoms with E-state index in [1.807, 2.05) is 0 Å². The Labute approximate surface area is 88.8 Å². The molecule has 0 aliphatic rings. The Bertz CT molecular complexity index is 105. The average Bonchev–Trinajstić information content (AvgIpc) is 2.22. The fourth-order valence-corrected chi connectivity index (χ4v) is 1.28. The molecule has 0 amide bonds. The summed E-state index contributed by atoms with van der Waals surface area (Å²) in [6.07, 6.45) is 1.19. The van der Waals surface area contributed by atoms with Crippen LogP contribution in [0.25, 0.3) is 0 Å². The summed E-state index contributed by atoms with van der Waals surface area (Å²) in [6, 6.07) is 0. The molecule has 0 aromatic carbocycles. The Hall–Kier alpha value is -0.120. The summed E-state index contributed by atoms with van der Waals surface area (Å²) in [5.41, 5.74) is 0. The topological polar surface area (TPSA) is 24.5 Å². The molecule has 0 unspecified atom stereocenters. The van der Waals surface area contributed by atoms with E-state index in [1.54, 1.807) is 0 Å². The number of ether oxygens (including phenoxy) is 1. The first-order chi connectivity index (χ1) is 6.85. The molecule has 0 bridgehead atoms. The van der Waals surface area contributed by atoms with Gasteiger partial charge in [0.25, 0.3) is 0 Å². The van der Waals surface area contributed by atoms with E-state index >= 15 is 0 Å². The normalized spacial score (nSPS) is 11.1. The van der Waals surface area contributed by atoms with E-state index in [9.17, 15) is 0 Å². The molecular formula is C11H26N2O. The zero-order chi connectivity index (χ0) is 10.6. The van der Waals surface area contributed by atoms with Crippen molar-refractivity contribution in [2.24, 2.45) is 0 Å². The minimum absolute atomic E-state index is 0.835. The molecule has 0 aliphatic carbocycles. The maximum absolute atomic E-state index is 5.51. The van der Waals surface area contributed by atoms with Crippen molar-refractivity contribution < 1.29 is 4.74 Å². The van der Waals surface area contributed by atoms with Gasteiger partial charge in [0.2, 0.25) is 0 Å². The van der Waals surface area contributed by atoms with Gasteiger partial charge in [-0.3, -0.25) is 0 Å². The second kappa shape index (κ2) is 11.0. The van der Waals surface area contributed by atoms with Crippen molar-refractivity contribution in [3.63, 3.8) is 0 Å². The first kappa shape index (κ1) is 13.9. The predicted octanol–water partition coefficient (Wildman–Crippen LogP) is 1.34. The highest BCUT2D eigenvalue weighted by molar-refractivity contribution is 4.50. The number of nitrogens with one attached hydrogen (secondary N) is 1. The summed E-state index contributed by atoms with van der Waals surface area (Å²) in [4.78, 5) is 2.37. The molecule has 0 heterocycles. The van der Waals surface area contributed by atoms with Crippen LogP contribution in [0.3, 0.4) is 0 Å². The maximum atomic E-state index is 5.51. The van der Waals surface area contributed by atoms with Crippen molar-refractivity contribution >= 4 is 0 Å². The summed E-state index contributed by atoms with van der Waals surface area (Å²) in [5.74, 6) is 0. The maximum Gasteiger partial charge on any atom is 0.0594 e. The largest absolute Gasteiger partial charge is 0.379 e. The SMILES string of the molecule is CCCNCCOCCN(CC)CC. The van der Waals surface area contributed by atoms with Gasteiger partial charge in [-0.2, -0.15) is 0 Å². The van der Waals surface area contributed by atoms with Crippen molar-refractivity contribution in [1.29, 1.82) is 0 Å². The lowest BCUT2D eigenvalue weighted by molar-refractivity contribution is 0.109. The zero-order valence-electron chi connectivity index (χ0n) is 10.0. The van der Waals surface area contributed by atoms with Crippen LogP contribution in [0.1, 0.15) is 27.2 Å². The minimum Gasteiger partial charge on any atom is -0.379 e. The van der Waals surface area contributed by atoms with Gasteiger partial charge in [0.05, 0.1) is 13.2 Å². The fraction of sp³-hybridized carbons (Fsp3) is 1.00. The summed E-state index contributed by atoms with van der Waals surface area (Å²) in [5, 5.41) is 3.31. The van der Waals surface area contributed by atoms with Gasteiger partial charge in [0, 0.05) is 13.1 Å². The summed E-state index contributed by atoms with van der Waals surface area (Å²) < 4.78 is 5.51. The molecule has 0 rings (SSSR count). The smallest absolute Gasteiger partial charge is 0.0594 e. The number of hydrogen-bond acceptors (Lipinski definition) is 3. The molecule has 3 nitrogen and oxygen atoms in total. The summed E-state index contributed by atoms with van der Waals surface area (Å²) >= 11 is 0. The summed E-state index contributed by atoms with van der Waals surface area (Å²) in [7, 11) is 0. The third-order valence-electron chi connectivity index (χ3n) is 2.30. The third kappa shape index (κ3) is 8.48. The standard InChI is InChI=1S/C11H26N2O/c1-4-7-12-8-10-14-11-9-13(5-2)6-3/h12H,4-11H2,1-3H3. The molecule has 0 aliphatic heterocycles. The Morgan fingerprint density at radius 1 is 1.00 bits per heavy atom. The highest BCUT2D eigenvalue weighted by atomic mass is 16.5. The molecule has 0 radical (unpaired) electrons. The van der Waals surface area contributed by atoms with Crippen LogP contribution >= 0.6 is 0 Å². The first-order valence-electron chi connectivity index (χ1n) is 5.85. The molecule has 0 aromatic rings. The average molecular weight is 202 g/mol. The van der Waals surface area contributed by atoms with E-state index in [0.717, 1.165) is 45.9 Å². The van der Waals surface area contributed by atoms with E-state index in [0.29, 0.717) is 0 Å². The van der Waals surface area contributed by atoms with Gasteiger partial charge in [0.1, 0.15) is 0 Å². The van der Waals surface area contributed by atoms with E-state index in [4.69, 9.17) is 4.74 Å². The number of likely N-dealkylation sites (N-methyl/N-ethyl adjacent to an activating group) is 1. The van der Waals surface area contributed by atoms with Crippen LogP contribution in [0.15, 0.2) is 0 Å². The Kier molecular flexibility index (Phi) is 10.9. The van der Waals surface area contributed by atoms with Gasteiger partial charge >= 0.3 is 0 Å². The Morgan fingerprint density at radius 2 is 1.71 bits per heavy atom. The molecule has 0 saturated heterocycles. The van der Waals surface area contributed by atoms with Gasteiger partial charge in [-0.15, -0.1) is 0 Å². The Morgan fingerprint density at radius 3 is 2.29 bits per heavy atom. The van der Waals surface area contributed by atoms with E-state index in [2.05, 4.69) is 31.0 Å². The monoisotopic (exact) mass is 202 g/mol. The lowest BCUT2D eigenvalue weighted by atomic mass is 10.5. The van der Waals surface area contributed by atoms with Crippen LogP contribution in [0.5, 0.6) is 0 Å². The molecule has 0 fully saturated rings. The molecule has 14 heavy (non-hydrogen) atoms. The minimum atomic E-state index is 0.835.